The average Bonchev–Trinajstić information content (AvgIpc) is 3.47. The Labute approximate surface area is 162 Å². The lowest BCUT2D eigenvalue weighted by Gasteiger charge is -2.57. The average molecular weight is 398 g/mol. The zero-order valence-corrected chi connectivity index (χ0v) is 14.7. The summed E-state index contributed by atoms with van der Waals surface area (Å²) in [5.41, 5.74) is 0.473. The topological polar surface area (TPSA) is 138 Å². The number of ketones is 1. The third-order valence-corrected chi connectivity index (χ3v) is 6.41. The van der Waals surface area contributed by atoms with Gasteiger partial charge in [-0.3, -0.25) is 9.53 Å². The van der Waals surface area contributed by atoms with Crippen molar-refractivity contribution in [2.24, 2.45) is 0 Å². The zero-order chi connectivity index (χ0) is 19.9. The molecule has 2 spiro atoms. The number of phenols is 1. The Bertz CT molecular complexity index is 1160. The summed E-state index contributed by atoms with van der Waals surface area (Å²) >= 11 is 0. The summed E-state index contributed by atoms with van der Waals surface area (Å²) in [6.45, 7) is 0. The Morgan fingerprint density at radius 3 is 2.59 bits per heavy atom. The number of hydrogen-bond donors (Lipinski definition) is 4. The molecule has 2 aromatic carbocycles. The molecule has 9 heteroatoms. The van der Waals surface area contributed by atoms with E-state index in [9.17, 15) is 25.2 Å². The Morgan fingerprint density at radius 1 is 1.00 bits per heavy atom. The molecular formula is C20H14O9. The van der Waals surface area contributed by atoms with Crippen molar-refractivity contribution >= 4 is 5.78 Å². The van der Waals surface area contributed by atoms with Gasteiger partial charge in [0.05, 0.1) is 16.7 Å². The zero-order valence-electron chi connectivity index (χ0n) is 14.7. The maximum absolute atomic E-state index is 12.7. The summed E-state index contributed by atoms with van der Waals surface area (Å²) in [6, 6.07) is 7.47. The Kier molecular flexibility index (Phi) is 2.45. The molecule has 148 valence electrons. The number of aliphatic hydroxyl groups is 3. The summed E-state index contributed by atoms with van der Waals surface area (Å²) in [4.78, 5) is 12.7. The third kappa shape index (κ3) is 1.58. The molecule has 29 heavy (non-hydrogen) atoms. The smallest absolute Gasteiger partial charge is 0.274 e. The van der Waals surface area contributed by atoms with Crippen LogP contribution in [0.1, 0.15) is 33.5 Å². The van der Waals surface area contributed by atoms with Gasteiger partial charge < -0.3 is 34.6 Å². The number of benzene rings is 2. The highest BCUT2D eigenvalue weighted by molar-refractivity contribution is 6.07. The van der Waals surface area contributed by atoms with E-state index < -0.39 is 47.9 Å². The first-order valence-electron chi connectivity index (χ1n) is 9.20. The minimum Gasteiger partial charge on any atom is -0.507 e. The summed E-state index contributed by atoms with van der Waals surface area (Å²) in [7, 11) is 0. The van der Waals surface area contributed by atoms with E-state index in [1.165, 1.54) is 18.2 Å². The van der Waals surface area contributed by atoms with E-state index >= 15 is 0 Å². The van der Waals surface area contributed by atoms with Gasteiger partial charge in [-0.15, -0.1) is 0 Å². The number of Topliss-reactive ketones (excluding diaryl/α,β-unsaturated/α-hetero) is 1. The molecule has 3 heterocycles. The Hall–Kier alpha value is -2.69. The van der Waals surface area contributed by atoms with Crippen LogP contribution >= 0.6 is 0 Å². The molecule has 4 N–H and O–H groups in total. The molecule has 1 fully saturated rings. The highest BCUT2D eigenvalue weighted by atomic mass is 16.8. The van der Waals surface area contributed by atoms with Gasteiger partial charge in [0.15, 0.2) is 23.8 Å². The van der Waals surface area contributed by atoms with Crippen molar-refractivity contribution in [1.82, 2.24) is 0 Å². The third-order valence-electron chi connectivity index (χ3n) is 6.41. The van der Waals surface area contributed by atoms with Crippen LogP contribution < -0.4 is 9.47 Å². The predicted octanol–water partition coefficient (Wildman–Crippen LogP) is 0.0651. The summed E-state index contributed by atoms with van der Waals surface area (Å²) in [5.74, 6) is -5.97. The quantitative estimate of drug-likeness (QED) is 0.359. The van der Waals surface area contributed by atoms with Crippen molar-refractivity contribution in [2.75, 3.05) is 0 Å². The molecule has 0 aromatic heterocycles. The van der Waals surface area contributed by atoms with Gasteiger partial charge in [0, 0.05) is 12.0 Å². The second kappa shape index (κ2) is 4.40. The van der Waals surface area contributed by atoms with Crippen LogP contribution in [-0.4, -0.2) is 44.5 Å². The molecule has 7 rings (SSSR count). The van der Waals surface area contributed by atoms with Crippen LogP contribution in [0.4, 0.5) is 0 Å². The van der Waals surface area contributed by atoms with Crippen LogP contribution in [0.25, 0.3) is 0 Å². The number of rotatable bonds is 0. The van der Waals surface area contributed by atoms with Gasteiger partial charge in [-0.05, 0) is 18.2 Å². The van der Waals surface area contributed by atoms with Gasteiger partial charge in [-0.25, -0.2) is 0 Å². The van der Waals surface area contributed by atoms with Gasteiger partial charge >= 0.3 is 0 Å². The first kappa shape index (κ1) is 16.1. The van der Waals surface area contributed by atoms with Crippen molar-refractivity contribution in [1.29, 1.82) is 0 Å². The second-order valence-electron chi connectivity index (χ2n) is 8.03. The molecule has 2 aromatic rings. The molecule has 5 aliphatic rings. The van der Waals surface area contributed by atoms with E-state index in [0.717, 1.165) is 0 Å². The number of carbonyl (C=O) groups excluding carboxylic acids is 1. The van der Waals surface area contributed by atoms with Crippen molar-refractivity contribution < 1.29 is 44.2 Å². The number of aliphatic hydroxyl groups excluding tert-OH is 1. The second-order valence-corrected chi connectivity index (χ2v) is 8.03. The summed E-state index contributed by atoms with van der Waals surface area (Å²) < 4.78 is 24.2. The maximum Gasteiger partial charge on any atom is 0.274 e. The first-order valence-corrected chi connectivity index (χ1v) is 9.20. The Balaban J connectivity index is 1.59. The minimum atomic E-state index is -2.31. The van der Waals surface area contributed by atoms with Gasteiger partial charge in [-0.1, -0.05) is 12.1 Å². The largest absolute Gasteiger partial charge is 0.507 e. The monoisotopic (exact) mass is 398 g/mol. The van der Waals surface area contributed by atoms with E-state index in [0.29, 0.717) is 0 Å². The van der Waals surface area contributed by atoms with Gasteiger partial charge in [0.25, 0.3) is 11.6 Å². The number of ether oxygens (including phenoxy) is 4. The van der Waals surface area contributed by atoms with Crippen LogP contribution in [0.15, 0.2) is 30.3 Å². The van der Waals surface area contributed by atoms with E-state index in [1.54, 1.807) is 12.1 Å². The summed E-state index contributed by atoms with van der Waals surface area (Å²) in [5, 5.41) is 42.3. The fraction of sp³-hybridized carbons (Fsp3) is 0.350. The first-order chi connectivity index (χ1) is 13.8. The Morgan fingerprint density at radius 2 is 1.76 bits per heavy atom. The van der Waals surface area contributed by atoms with E-state index in [4.69, 9.17) is 18.9 Å². The fourth-order valence-electron chi connectivity index (χ4n) is 5.18. The fourth-order valence-corrected chi connectivity index (χ4v) is 5.18. The molecule has 1 saturated heterocycles. The molecular weight excluding hydrogens is 384 g/mol. The van der Waals surface area contributed by atoms with Crippen LogP contribution in [0.3, 0.4) is 0 Å². The van der Waals surface area contributed by atoms with Crippen molar-refractivity contribution in [3.05, 3.63) is 52.6 Å². The van der Waals surface area contributed by atoms with Crippen LogP contribution in [-0.2, 0) is 26.8 Å². The lowest BCUT2D eigenvalue weighted by Crippen LogP contribution is -2.66. The molecule has 4 unspecified atom stereocenters. The van der Waals surface area contributed by atoms with Crippen LogP contribution in [0.2, 0.25) is 0 Å². The van der Waals surface area contributed by atoms with Crippen LogP contribution in [0, 0.1) is 0 Å². The minimum absolute atomic E-state index is 0.000308. The van der Waals surface area contributed by atoms with Crippen LogP contribution in [0.5, 0.6) is 17.2 Å². The molecule has 0 radical (unpaired) electrons. The normalized spacial score (nSPS) is 38.7. The van der Waals surface area contributed by atoms with E-state index in [-0.39, 0.29) is 39.5 Å². The molecule has 2 aliphatic carbocycles. The highest BCUT2D eigenvalue weighted by Gasteiger charge is 2.76. The predicted molar refractivity (Wildman–Crippen MR) is 90.0 cm³/mol. The number of aromatic hydroxyl groups is 1. The number of hydrogen-bond acceptors (Lipinski definition) is 9. The van der Waals surface area contributed by atoms with Gasteiger partial charge in [0.1, 0.15) is 23.4 Å². The molecule has 2 bridgehead atoms. The van der Waals surface area contributed by atoms with E-state index in [1.807, 2.05) is 0 Å². The lowest BCUT2D eigenvalue weighted by atomic mass is 9.75. The number of phenolic OH excluding ortho intramolecular Hbond substituents is 1. The number of fused-ring (bicyclic) bond motifs is 1. The molecule has 9 nitrogen and oxygen atoms in total. The highest BCUT2D eigenvalue weighted by Crippen LogP contribution is 2.65. The summed E-state index contributed by atoms with van der Waals surface area (Å²) in [6.07, 6.45) is -3.57. The van der Waals surface area contributed by atoms with Gasteiger partial charge in [0.2, 0.25) is 0 Å². The van der Waals surface area contributed by atoms with Crippen molar-refractivity contribution in [3.63, 3.8) is 0 Å². The number of carbonyl (C=O) groups is 1. The molecule has 0 amide bonds. The molecule has 0 saturated carbocycles. The SMILES string of the molecule is O=C1c2c(O)ccc3c2C2(Oc4cccc5c4C(O3)(O2)[C@H](O)CC5(O)O)C2OC12. The van der Waals surface area contributed by atoms with Crippen molar-refractivity contribution in [3.8, 4) is 17.2 Å². The number of epoxide rings is 1. The molecule has 3 aliphatic heterocycles. The lowest BCUT2D eigenvalue weighted by molar-refractivity contribution is -0.401. The van der Waals surface area contributed by atoms with Gasteiger partial charge in [-0.2, -0.15) is 0 Å². The van der Waals surface area contributed by atoms with E-state index in [2.05, 4.69) is 0 Å². The maximum atomic E-state index is 12.7. The van der Waals surface area contributed by atoms with Crippen molar-refractivity contribution in [2.45, 2.75) is 42.1 Å². The standard InChI is InChI=1S/C20H14O9/c21-8-4-5-10-14-12(8)15(23)16-17(26-16)20(14)28-9-3-1-2-7-13(9)19(27-10,29-20)11(22)6-18(7,24)25/h1-5,11,16-17,21-22,24-25H,6H2/t11-,16?,17?,19?,20?/m1/s1. The molecule has 5 atom stereocenters.